The number of sulfone groups is 1. The maximum absolute atomic E-state index is 11.9. The highest BCUT2D eigenvalue weighted by molar-refractivity contribution is 7.91. The van der Waals surface area contributed by atoms with Gasteiger partial charge in [0.2, 0.25) is 0 Å². The molecule has 0 saturated carbocycles. The molecule has 0 aliphatic heterocycles. The monoisotopic (exact) mass is 243 g/mol. The molecule has 16 heavy (non-hydrogen) atoms. The van der Waals surface area contributed by atoms with Crippen molar-refractivity contribution in [2.45, 2.75) is 11.4 Å². The van der Waals surface area contributed by atoms with Gasteiger partial charge in [-0.1, -0.05) is 0 Å². The first-order valence-electron chi connectivity index (χ1n) is 5.01. The van der Waals surface area contributed by atoms with Crippen LogP contribution in [0, 0.1) is 0 Å². The van der Waals surface area contributed by atoms with Gasteiger partial charge >= 0.3 is 0 Å². The number of hydrogen-bond acceptors (Lipinski definition) is 5. The molecule has 0 saturated heterocycles. The van der Waals surface area contributed by atoms with Crippen LogP contribution in [0.2, 0.25) is 0 Å². The Balaban J connectivity index is 2.75. The van der Waals surface area contributed by atoms with Gasteiger partial charge in [-0.3, -0.25) is 0 Å². The number of hydrogen-bond donors (Lipinski definition) is 1. The average Bonchev–Trinajstić information content (AvgIpc) is 2.17. The van der Waals surface area contributed by atoms with Crippen LogP contribution in [0.1, 0.15) is 6.42 Å². The van der Waals surface area contributed by atoms with Gasteiger partial charge in [-0.2, -0.15) is 0 Å². The van der Waals surface area contributed by atoms with Gasteiger partial charge < -0.3 is 10.6 Å². The first kappa shape index (κ1) is 12.9. The molecule has 0 fully saturated rings. The van der Waals surface area contributed by atoms with E-state index in [-0.39, 0.29) is 16.5 Å². The summed E-state index contributed by atoms with van der Waals surface area (Å²) in [4.78, 5) is 5.76. The molecule has 0 aliphatic rings. The second kappa shape index (κ2) is 5.27. The van der Waals surface area contributed by atoms with Crippen molar-refractivity contribution in [2.75, 3.05) is 32.1 Å². The summed E-state index contributed by atoms with van der Waals surface area (Å²) in [6, 6.07) is 3.17. The van der Waals surface area contributed by atoms with E-state index in [4.69, 9.17) is 5.73 Å². The minimum Gasteiger partial charge on any atom is -0.396 e. The number of nitrogens with two attached hydrogens (primary N) is 1. The maximum atomic E-state index is 11.9. The lowest BCUT2D eigenvalue weighted by Gasteiger charge is -2.09. The Hall–Kier alpha value is -1.14. The normalized spacial score (nSPS) is 11.9. The molecule has 1 aromatic rings. The Kier molecular flexibility index (Phi) is 4.26. The zero-order valence-corrected chi connectivity index (χ0v) is 10.4. The molecule has 1 heterocycles. The van der Waals surface area contributed by atoms with E-state index < -0.39 is 9.84 Å². The minimum absolute atomic E-state index is 0.00578. The fraction of sp³-hybridized carbons (Fsp3) is 0.500. The summed E-state index contributed by atoms with van der Waals surface area (Å²) >= 11 is 0. The van der Waals surface area contributed by atoms with Crippen LogP contribution in [0.15, 0.2) is 23.4 Å². The molecule has 0 amide bonds. The van der Waals surface area contributed by atoms with E-state index in [9.17, 15) is 8.42 Å². The van der Waals surface area contributed by atoms with Crippen LogP contribution in [-0.2, 0) is 9.84 Å². The smallest absolute Gasteiger partial charge is 0.197 e. The highest BCUT2D eigenvalue weighted by Gasteiger charge is 2.18. The maximum Gasteiger partial charge on any atom is 0.197 e. The van der Waals surface area contributed by atoms with E-state index >= 15 is 0 Å². The SMILES string of the molecule is CN(C)CCCS(=O)(=O)c1ncccc1N. The molecule has 6 heteroatoms. The molecule has 0 unspecified atom stereocenters. The highest BCUT2D eigenvalue weighted by Crippen LogP contribution is 2.16. The van der Waals surface area contributed by atoms with Crippen LogP contribution >= 0.6 is 0 Å². The standard InChI is InChI=1S/C10H17N3O2S/c1-13(2)7-4-8-16(14,15)10-9(11)5-3-6-12-10/h3,5-6H,4,7-8,11H2,1-2H3. The third-order valence-electron chi connectivity index (χ3n) is 2.11. The van der Waals surface area contributed by atoms with Gasteiger partial charge in [0.05, 0.1) is 11.4 Å². The average molecular weight is 243 g/mol. The molecule has 0 radical (unpaired) electrons. The van der Waals surface area contributed by atoms with Gasteiger partial charge in [0.25, 0.3) is 0 Å². The zero-order chi connectivity index (χ0) is 12.2. The quantitative estimate of drug-likeness (QED) is 0.809. The van der Waals surface area contributed by atoms with Crippen molar-refractivity contribution in [1.82, 2.24) is 9.88 Å². The molecule has 5 nitrogen and oxygen atoms in total. The van der Waals surface area contributed by atoms with Crippen LogP contribution in [0.3, 0.4) is 0 Å². The minimum atomic E-state index is -3.35. The van der Waals surface area contributed by atoms with Gasteiger partial charge in [-0.25, -0.2) is 13.4 Å². The van der Waals surface area contributed by atoms with Gasteiger partial charge in [0, 0.05) is 6.20 Å². The predicted molar refractivity (Wildman–Crippen MR) is 63.9 cm³/mol. The first-order valence-corrected chi connectivity index (χ1v) is 6.66. The van der Waals surface area contributed by atoms with Crippen molar-refractivity contribution in [2.24, 2.45) is 0 Å². The number of nitrogens with zero attached hydrogens (tertiary/aromatic N) is 2. The van der Waals surface area contributed by atoms with E-state index in [1.807, 2.05) is 19.0 Å². The van der Waals surface area contributed by atoms with E-state index in [0.717, 1.165) is 6.54 Å². The van der Waals surface area contributed by atoms with E-state index in [1.54, 1.807) is 12.1 Å². The zero-order valence-electron chi connectivity index (χ0n) is 9.55. The number of rotatable bonds is 5. The van der Waals surface area contributed by atoms with Gasteiger partial charge in [-0.15, -0.1) is 0 Å². The summed E-state index contributed by atoms with van der Waals surface area (Å²) in [5.74, 6) is 0.0758. The molecular weight excluding hydrogens is 226 g/mol. The molecule has 1 rings (SSSR count). The lowest BCUT2D eigenvalue weighted by Crippen LogP contribution is -2.18. The number of nitrogen functional groups attached to an aromatic ring is 1. The van der Waals surface area contributed by atoms with E-state index in [0.29, 0.717) is 6.42 Å². The Morgan fingerprint density at radius 2 is 2.12 bits per heavy atom. The van der Waals surface area contributed by atoms with Crippen LogP contribution in [0.25, 0.3) is 0 Å². The molecule has 0 aromatic carbocycles. The van der Waals surface area contributed by atoms with Crippen molar-refractivity contribution in [3.63, 3.8) is 0 Å². The summed E-state index contributed by atoms with van der Waals surface area (Å²) in [5.41, 5.74) is 5.80. The third-order valence-corrected chi connectivity index (χ3v) is 3.87. The molecular formula is C10H17N3O2S. The fourth-order valence-electron chi connectivity index (χ4n) is 1.33. The molecule has 0 bridgehead atoms. The summed E-state index contributed by atoms with van der Waals surface area (Å²) in [6.45, 7) is 0.728. The second-order valence-corrected chi connectivity index (χ2v) is 5.90. The Bertz CT molecular complexity index is 443. The highest BCUT2D eigenvalue weighted by atomic mass is 32.2. The molecule has 0 spiro atoms. The Morgan fingerprint density at radius 1 is 1.44 bits per heavy atom. The van der Waals surface area contributed by atoms with E-state index in [2.05, 4.69) is 4.98 Å². The van der Waals surface area contributed by atoms with Crippen molar-refractivity contribution in [3.8, 4) is 0 Å². The molecule has 90 valence electrons. The largest absolute Gasteiger partial charge is 0.396 e. The van der Waals surface area contributed by atoms with Gasteiger partial charge in [0.15, 0.2) is 14.9 Å². The first-order chi connectivity index (χ1) is 7.43. The number of aromatic nitrogens is 1. The van der Waals surface area contributed by atoms with Crippen LogP contribution in [0.4, 0.5) is 5.69 Å². The van der Waals surface area contributed by atoms with Crippen LogP contribution in [0.5, 0.6) is 0 Å². The van der Waals surface area contributed by atoms with Crippen molar-refractivity contribution in [3.05, 3.63) is 18.3 Å². The number of pyridine rings is 1. The predicted octanol–water partition coefficient (Wildman–Crippen LogP) is 0.389. The molecule has 2 N–H and O–H groups in total. The molecule has 1 aromatic heterocycles. The fourth-order valence-corrected chi connectivity index (χ4v) is 2.68. The summed E-state index contributed by atoms with van der Waals surface area (Å²) < 4.78 is 23.7. The third kappa shape index (κ3) is 3.46. The second-order valence-electron chi connectivity index (χ2n) is 3.87. The molecule has 0 aliphatic carbocycles. The van der Waals surface area contributed by atoms with Crippen LogP contribution in [-0.4, -0.2) is 44.7 Å². The lowest BCUT2D eigenvalue weighted by molar-refractivity contribution is 0.408. The van der Waals surface area contributed by atoms with Crippen molar-refractivity contribution >= 4 is 15.5 Å². The number of anilines is 1. The summed E-state index contributed by atoms with van der Waals surface area (Å²) in [7, 11) is 0.460. The Morgan fingerprint density at radius 3 is 2.69 bits per heavy atom. The summed E-state index contributed by atoms with van der Waals surface area (Å²) in [5, 5.41) is -0.00578. The Labute approximate surface area is 96.2 Å². The van der Waals surface area contributed by atoms with Crippen molar-refractivity contribution < 1.29 is 8.42 Å². The van der Waals surface area contributed by atoms with E-state index in [1.165, 1.54) is 6.20 Å². The topological polar surface area (TPSA) is 76.3 Å². The van der Waals surface area contributed by atoms with Gasteiger partial charge in [-0.05, 0) is 39.2 Å². The van der Waals surface area contributed by atoms with Crippen LogP contribution < -0.4 is 5.73 Å². The summed E-state index contributed by atoms with van der Waals surface area (Å²) in [6.07, 6.45) is 2.01. The van der Waals surface area contributed by atoms with Crippen molar-refractivity contribution in [1.29, 1.82) is 0 Å². The molecule has 0 atom stereocenters. The lowest BCUT2D eigenvalue weighted by atomic mass is 10.4. The van der Waals surface area contributed by atoms with Gasteiger partial charge in [0.1, 0.15) is 0 Å².